The Labute approximate surface area is 182 Å². The SMILES string of the molecule is CC(CC[C@@H](C(=O)O)C(=O)OCC1c2ccccc2-c2ccccc21)c1ccccc1. The Morgan fingerprint density at radius 2 is 1.39 bits per heavy atom. The zero-order valence-electron chi connectivity index (χ0n) is 17.5. The van der Waals surface area contributed by atoms with Gasteiger partial charge < -0.3 is 9.84 Å². The van der Waals surface area contributed by atoms with Gasteiger partial charge in [0.1, 0.15) is 6.61 Å². The molecule has 0 bridgehead atoms. The highest BCUT2D eigenvalue weighted by atomic mass is 16.5. The van der Waals surface area contributed by atoms with E-state index in [0.717, 1.165) is 27.8 Å². The van der Waals surface area contributed by atoms with Crippen molar-refractivity contribution in [3.8, 4) is 11.1 Å². The van der Waals surface area contributed by atoms with E-state index < -0.39 is 17.9 Å². The molecule has 0 saturated carbocycles. The molecule has 0 heterocycles. The van der Waals surface area contributed by atoms with Crippen molar-refractivity contribution in [1.82, 2.24) is 0 Å². The summed E-state index contributed by atoms with van der Waals surface area (Å²) in [4.78, 5) is 24.5. The smallest absolute Gasteiger partial charge is 0.320 e. The fraction of sp³-hybridized carbons (Fsp3) is 0.259. The zero-order valence-corrected chi connectivity index (χ0v) is 17.5. The Kier molecular flexibility index (Phi) is 6.17. The topological polar surface area (TPSA) is 63.6 Å². The van der Waals surface area contributed by atoms with Crippen LogP contribution in [-0.4, -0.2) is 23.7 Å². The van der Waals surface area contributed by atoms with Crippen LogP contribution in [0.3, 0.4) is 0 Å². The molecule has 0 saturated heterocycles. The van der Waals surface area contributed by atoms with E-state index >= 15 is 0 Å². The summed E-state index contributed by atoms with van der Waals surface area (Å²) in [6.07, 6.45) is 0.854. The van der Waals surface area contributed by atoms with Gasteiger partial charge in [-0.3, -0.25) is 9.59 Å². The first-order chi connectivity index (χ1) is 15.1. The Morgan fingerprint density at radius 1 is 0.839 bits per heavy atom. The summed E-state index contributed by atoms with van der Waals surface area (Å²) in [5.41, 5.74) is 5.65. The molecule has 4 heteroatoms. The molecule has 0 radical (unpaired) electrons. The summed E-state index contributed by atoms with van der Waals surface area (Å²) in [5, 5.41) is 9.63. The third kappa shape index (κ3) is 4.38. The lowest BCUT2D eigenvalue weighted by atomic mass is 9.91. The van der Waals surface area contributed by atoms with Crippen LogP contribution in [0.5, 0.6) is 0 Å². The second-order valence-electron chi connectivity index (χ2n) is 8.14. The number of rotatable bonds is 8. The van der Waals surface area contributed by atoms with Gasteiger partial charge in [-0.1, -0.05) is 85.8 Å². The minimum atomic E-state index is -1.15. The maximum atomic E-state index is 12.7. The average molecular weight is 415 g/mol. The van der Waals surface area contributed by atoms with Crippen LogP contribution in [0.25, 0.3) is 11.1 Å². The van der Waals surface area contributed by atoms with E-state index in [-0.39, 0.29) is 24.9 Å². The quantitative estimate of drug-likeness (QED) is 0.383. The van der Waals surface area contributed by atoms with E-state index in [1.807, 2.05) is 73.7 Å². The van der Waals surface area contributed by atoms with Crippen molar-refractivity contribution < 1.29 is 19.4 Å². The third-order valence-corrected chi connectivity index (χ3v) is 6.19. The minimum Gasteiger partial charge on any atom is -0.481 e. The second-order valence-corrected chi connectivity index (χ2v) is 8.14. The number of fused-ring (bicyclic) bond motifs is 3. The summed E-state index contributed by atoms with van der Waals surface area (Å²) in [6.45, 7) is 2.19. The standard InChI is InChI=1S/C27H26O4/c1-18(19-9-3-2-4-10-19)15-16-24(26(28)29)27(30)31-17-25-22-13-7-5-11-20(22)21-12-6-8-14-23(21)25/h2-14,18,24-25H,15-17H2,1H3,(H,28,29)/t18?,24-/m0/s1. The number of hydrogen-bond acceptors (Lipinski definition) is 3. The largest absolute Gasteiger partial charge is 0.481 e. The summed E-state index contributed by atoms with van der Waals surface area (Å²) in [7, 11) is 0. The molecule has 0 spiro atoms. The van der Waals surface area contributed by atoms with E-state index in [0.29, 0.717) is 6.42 Å². The van der Waals surface area contributed by atoms with E-state index in [4.69, 9.17) is 4.74 Å². The number of esters is 1. The highest BCUT2D eigenvalue weighted by molar-refractivity contribution is 5.94. The fourth-order valence-electron chi connectivity index (χ4n) is 4.41. The molecule has 0 amide bonds. The molecule has 1 aliphatic carbocycles. The molecular weight excluding hydrogens is 388 g/mol. The first-order valence-corrected chi connectivity index (χ1v) is 10.7. The predicted octanol–water partition coefficient (Wildman–Crippen LogP) is 5.63. The van der Waals surface area contributed by atoms with Gasteiger partial charge >= 0.3 is 11.9 Å². The maximum Gasteiger partial charge on any atom is 0.320 e. The highest BCUT2D eigenvalue weighted by Gasteiger charge is 2.32. The van der Waals surface area contributed by atoms with Crippen molar-refractivity contribution >= 4 is 11.9 Å². The highest BCUT2D eigenvalue weighted by Crippen LogP contribution is 2.44. The van der Waals surface area contributed by atoms with Crippen molar-refractivity contribution in [3.63, 3.8) is 0 Å². The van der Waals surface area contributed by atoms with Crippen molar-refractivity contribution in [2.24, 2.45) is 5.92 Å². The number of carbonyl (C=O) groups is 2. The van der Waals surface area contributed by atoms with Crippen LogP contribution in [-0.2, 0) is 14.3 Å². The van der Waals surface area contributed by atoms with Crippen molar-refractivity contribution in [3.05, 3.63) is 95.6 Å². The minimum absolute atomic E-state index is 0.0750. The molecule has 1 aliphatic rings. The molecule has 2 atom stereocenters. The van der Waals surface area contributed by atoms with Crippen LogP contribution < -0.4 is 0 Å². The van der Waals surface area contributed by atoms with Crippen LogP contribution >= 0.6 is 0 Å². The molecular formula is C27H26O4. The first-order valence-electron chi connectivity index (χ1n) is 10.7. The molecule has 4 nitrogen and oxygen atoms in total. The Bertz CT molecular complexity index is 1030. The van der Waals surface area contributed by atoms with Gasteiger partial charge in [0.15, 0.2) is 5.92 Å². The summed E-state index contributed by atoms with van der Waals surface area (Å²) in [6, 6.07) is 26.1. The first kappa shape index (κ1) is 20.9. The number of carbonyl (C=O) groups excluding carboxylic acids is 1. The number of carboxylic acids is 1. The molecule has 0 aliphatic heterocycles. The number of hydrogen-bond donors (Lipinski definition) is 1. The van der Waals surface area contributed by atoms with Gasteiger partial charge in [-0.05, 0) is 46.6 Å². The zero-order chi connectivity index (χ0) is 21.8. The van der Waals surface area contributed by atoms with Gasteiger partial charge in [-0.25, -0.2) is 0 Å². The van der Waals surface area contributed by atoms with E-state index in [1.54, 1.807) is 0 Å². The van der Waals surface area contributed by atoms with E-state index in [2.05, 4.69) is 12.1 Å². The number of ether oxygens (including phenoxy) is 1. The molecule has 158 valence electrons. The Hall–Kier alpha value is -3.40. The fourth-order valence-corrected chi connectivity index (χ4v) is 4.41. The molecule has 0 aromatic heterocycles. The molecule has 3 aromatic rings. The van der Waals surface area contributed by atoms with Gasteiger partial charge in [0.05, 0.1) is 0 Å². The molecule has 4 rings (SSSR count). The average Bonchev–Trinajstić information content (AvgIpc) is 3.12. The van der Waals surface area contributed by atoms with Gasteiger partial charge in [-0.15, -0.1) is 0 Å². The van der Waals surface area contributed by atoms with Crippen LogP contribution in [0.15, 0.2) is 78.9 Å². The number of benzene rings is 3. The number of aliphatic carboxylic acids is 1. The lowest BCUT2D eigenvalue weighted by Gasteiger charge is -2.18. The lowest BCUT2D eigenvalue weighted by molar-refractivity contribution is -0.159. The second kappa shape index (κ2) is 9.17. The van der Waals surface area contributed by atoms with E-state index in [1.165, 1.54) is 0 Å². The van der Waals surface area contributed by atoms with Crippen LogP contribution in [0.4, 0.5) is 0 Å². The summed E-state index contributed by atoms with van der Waals surface area (Å²) in [5.74, 6) is -2.84. The van der Waals surface area contributed by atoms with Gasteiger partial charge in [0, 0.05) is 5.92 Å². The Morgan fingerprint density at radius 3 is 1.97 bits per heavy atom. The normalized spacial score (nSPS) is 14.4. The predicted molar refractivity (Wildman–Crippen MR) is 120 cm³/mol. The van der Waals surface area contributed by atoms with E-state index in [9.17, 15) is 14.7 Å². The summed E-state index contributed by atoms with van der Waals surface area (Å²) < 4.78 is 5.58. The monoisotopic (exact) mass is 414 g/mol. The number of carboxylic acid groups (broad SMARTS) is 1. The summed E-state index contributed by atoms with van der Waals surface area (Å²) >= 11 is 0. The van der Waals surface area contributed by atoms with Gasteiger partial charge in [0.2, 0.25) is 0 Å². The Balaban J connectivity index is 1.42. The maximum absolute atomic E-state index is 12.7. The van der Waals surface area contributed by atoms with Crippen molar-refractivity contribution in [1.29, 1.82) is 0 Å². The molecule has 1 N–H and O–H groups in total. The lowest BCUT2D eigenvalue weighted by Crippen LogP contribution is -2.27. The van der Waals surface area contributed by atoms with Gasteiger partial charge in [-0.2, -0.15) is 0 Å². The molecule has 31 heavy (non-hydrogen) atoms. The van der Waals surface area contributed by atoms with Crippen molar-refractivity contribution in [2.75, 3.05) is 6.61 Å². The van der Waals surface area contributed by atoms with Gasteiger partial charge in [0.25, 0.3) is 0 Å². The molecule has 3 aromatic carbocycles. The van der Waals surface area contributed by atoms with Crippen LogP contribution in [0.2, 0.25) is 0 Å². The molecule has 1 unspecified atom stereocenters. The van der Waals surface area contributed by atoms with Crippen LogP contribution in [0.1, 0.15) is 48.3 Å². The third-order valence-electron chi connectivity index (χ3n) is 6.19. The van der Waals surface area contributed by atoms with Crippen LogP contribution in [0, 0.1) is 5.92 Å². The molecule has 0 fully saturated rings. The van der Waals surface area contributed by atoms with Crippen molar-refractivity contribution in [2.45, 2.75) is 31.6 Å².